The first-order chi connectivity index (χ1) is 13.4. The van der Waals surface area contributed by atoms with E-state index in [0.29, 0.717) is 6.54 Å². The highest BCUT2D eigenvalue weighted by Gasteiger charge is 2.13. The van der Waals surface area contributed by atoms with E-state index >= 15 is 0 Å². The van der Waals surface area contributed by atoms with Gasteiger partial charge < -0.3 is 5.32 Å². The SMILES string of the molecule is Cc1nc(-c2ccc(CCNC(=O)CCNS(=O)(=O)c3ccccc3)s2)cs1. The van der Waals surface area contributed by atoms with E-state index < -0.39 is 10.0 Å². The third-order valence-corrected chi connectivity index (χ3v) is 7.34. The van der Waals surface area contributed by atoms with Crippen molar-refractivity contribution in [1.82, 2.24) is 15.0 Å². The van der Waals surface area contributed by atoms with Gasteiger partial charge in [-0.25, -0.2) is 18.1 Å². The van der Waals surface area contributed by atoms with Crippen LogP contribution in [0.1, 0.15) is 16.3 Å². The number of thiazole rings is 1. The predicted molar refractivity (Wildman–Crippen MR) is 113 cm³/mol. The zero-order valence-corrected chi connectivity index (χ0v) is 17.8. The Bertz CT molecular complexity index is 1030. The van der Waals surface area contributed by atoms with Gasteiger partial charge >= 0.3 is 0 Å². The fraction of sp³-hybridized carbons (Fsp3) is 0.263. The van der Waals surface area contributed by atoms with Gasteiger partial charge in [0.05, 0.1) is 20.5 Å². The van der Waals surface area contributed by atoms with Crippen molar-refractivity contribution in [2.24, 2.45) is 0 Å². The molecule has 0 saturated carbocycles. The Morgan fingerprint density at radius 2 is 1.89 bits per heavy atom. The number of aryl methyl sites for hydroxylation is 1. The fourth-order valence-electron chi connectivity index (χ4n) is 2.52. The van der Waals surface area contributed by atoms with Crippen LogP contribution in [0.5, 0.6) is 0 Å². The van der Waals surface area contributed by atoms with Crippen LogP contribution in [0.4, 0.5) is 0 Å². The molecule has 3 aromatic rings. The van der Waals surface area contributed by atoms with Crippen LogP contribution < -0.4 is 10.0 Å². The molecule has 28 heavy (non-hydrogen) atoms. The second-order valence-electron chi connectivity index (χ2n) is 6.08. The molecular formula is C19H21N3O3S3. The van der Waals surface area contributed by atoms with Gasteiger partial charge in [0.1, 0.15) is 0 Å². The summed E-state index contributed by atoms with van der Waals surface area (Å²) >= 11 is 3.30. The highest BCUT2D eigenvalue weighted by atomic mass is 32.2. The second kappa shape index (κ2) is 9.42. The van der Waals surface area contributed by atoms with Crippen molar-refractivity contribution in [2.45, 2.75) is 24.7 Å². The highest BCUT2D eigenvalue weighted by Crippen LogP contribution is 2.29. The van der Waals surface area contributed by atoms with Crippen LogP contribution in [-0.4, -0.2) is 32.4 Å². The number of aromatic nitrogens is 1. The molecule has 6 nitrogen and oxygen atoms in total. The minimum Gasteiger partial charge on any atom is -0.356 e. The van der Waals surface area contributed by atoms with Gasteiger partial charge in [-0.3, -0.25) is 4.79 Å². The number of thiophene rings is 1. The Morgan fingerprint density at radius 1 is 1.11 bits per heavy atom. The molecule has 2 aromatic heterocycles. The topological polar surface area (TPSA) is 88.2 Å². The zero-order valence-electron chi connectivity index (χ0n) is 15.3. The number of carbonyl (C=O) groups excluding carboxylic acids is 1. The van der Waals surface area contributed by atoms with Crippen LogP contribution in [0.25, 0.3) is 10.6 Å². The summed E-state index contributed by atoms with van der Waals surface area (Å²) in [6.07, 6.45) is 0.828. The van der Waals surface area contributed by atoms with Gasteiger partial charge in [0.25, 0.3) is 0 Å². The van der Waals surface area contributed by atoms with E-state index in [1.807, 2.05) is 12.3 Å². The highest BCUT2D eigenvalue weighted by molar-refractivity contribution is 7.89. The van der Waals surface area contributed by atoms with E-state index in [1.54, 1.807) is 40.9 Å². The maximum Gasteiger partial charge on any atom is 0.240 e. The molecule has 0 aliphatic carbocycles. The lowest BCUT2D eigenvalue weighted by atomic mass is 10.3. The molecule has 0 atom stereocenters. The smallest absolute Gasteiger partial charge is 0.240 e. The molecule has 1 aromatic carbocycles. The van der Waals surface area contributed by atoms with Gasteiger partial charge in [-0.1, -0.05) is 18.2 Å². The lowest BCUT2D eigenvalue weighted by molar-refractivity contribution is -0.120. The molecule has 2 N–H and O–H groups in total. The van der Waals surface area contributed by atoms with Crippen LogP contribution >= 0.6 is 22.7 Å². The first-order valence-corrected chi connectivity index (χ1v) is 11.9. The van der Waals surface area contributed by atoms with E-state index in [1.165, 1.54) is 17.0 Å². The maximum atomic E-state index is 12.1. The number of hydrogen-bond acceptors (Lipinski definition) is 6. The van der Waals surface area contributed by atoms with E-state index in [0.717, 1.165) is 22.0 Å². The van der Waals surface area contributed by atoms with Gasteiger partial charge in [-0.05, 0) is 37.6 Å². The average Bonchev–Trinajstić information content (AvgIpc) is 3.31. The number of benzene rings is 1. The lowest BCUT2D eigenvalue weighted by Gasteiger charge is -2.07. The molecule has 0 saturated heterocycles. The summed E-state index contributed by atoms with van der Waals surface area (Å²) in [5.74, 6) is -0.178. The van der Waals surface area contributed by atoms with Crippen molar-refractivity contribution in [2.75, 3.05) is 13.1 Å². The maximum absolute atomic E-state index is 12.1. The van der Waals surface area contributed by atoms with Crippen LogP contribution in [0.3, 0.4) is 0 Å². The fourth-order valence-corrected chi connectivity index (χ4v) is 5.23. The van der Waals surface area contributed by atoms with E-state index in [9.17, 15) is 13.2 Å². The van der Waals surface area contributed by atoms with Gasteiger partial charge in [-0.15, -0.1) is 22.7 Å². The second-order valence-corrected chi connectivity index (χ2v) is 10.1. The Labute approximate surface area is 172 Å². The van der Waals surface area contributed by atoms with Crippen LogP contribution in [0.15, 0.2) is 52.7 Å². The van der Waals surface area contributed by atoms with Crippen molar-refractivity contribution < 1.29 is 13.2 Å². The number of rotatable bonds is 9. The van der Waals surface area contributed by atoms with Crippen molar-refractivity contribution in [3.8, 4) is 10.6 Å². The normalized spacial score (nSPS) is 11.5. The summed E-state index contributed by atoms with van der Waals surface area (Å²) in [5.41, 5.74) is 0.994. The molecule has 0 aliphatic rings. The molecular weight excluding hydrogens is 414 g/mol. The van der Waals surface area contributed by atoms with Crippen LogP contribution in [0, 0.1) is 6.92 Å². The number of nitrogens with one attached hydrogen (secondary N) is 2. The Balaban J connectivity index is 1.39. The van der Waals surface area contributed by atoms with E-state index in [4.69, 9.17) is 0 Å². The summed E-state index contributed by atoms with van der Waals surface area (Å²) in [6, 6.07) is 12.2. The first kappa shape index (κ1) is 20.7. The monoisotopic (exact) mass is 435 g/mol. The zero-order chi connectivity index (χ0) is 20.0. The van der Waals surface area contributed by atoms with Gasteiger partial charge in [0.2, 0.25) is 15.9 Å². The number of sulfonamides is 1. The molecule has 2 heterocycles. The molecule has 0 radical (unpaired) electrons. The summed E-state index contributed by atoms with van der Waals surface area (Å²) < 4.78 is 26.6. The van der Waals surface area contributed by atoms with Crippen LogP contribution in [-0.2, 0) is 21.2 Å². The number of carbonyl (C=O) groups is 1. The summed E-state index contributed by atoms with van der Waals surface area (Å²) in [7, 11) is -3.57. The van der Waals surface area contributed by atoms with Gasteiger partial charge in [0, 0.05) is 29.8 Å². The Morgan fingerprint density at radius 3 is 2.61 bits per heavy atom. The van der Waals surface area contributed by atoms with Crippen molar-refractivity contribution in [3.63, 3.8) is 0 Å². The molecule has 0 aliphatic heterocycles. The molecule has 1 amide bonds. The van der Waals surface area contributed by atoms with Gasteiger partial charge in [0.15, 0.2) is 0 Å². The third-order valence-electron chi connectivity index (χ3n) is 3.92. The van der Waals surface area contributed by atoms with Crippen molar-refractivity contribution in [3.05, 3.63) is 57.7 Å². The van der Waals surface area contributed by atoms with Crippen molar-refractivity contribution >= 4 is 38.6 Å². The number of hydrogen-bond donors (Lipinski definition) is 2. The van der Waals surface area contributed by atoms with E-state index in [2.05, 4.69) is 27.2 Å². The summed E-state index contributed by atoms with van der Waals surface area (Å²) in [6.45, 7) is 2.56. The summed E-state index contributed by atoms with van der Waals surface area (Å²) in [4.78, 5) is 18.9. The minimum absolute atomic E-state index is 0.0649. The molecule has 0 unspecified atom stereocenters. The quantitative estimate of drug-likeness (QED) is 0.540. The summed E-state index contributed by atoms with van der Waals surface area (Å²) in [5, 5.41) is 5.92. The molecule has 148 valence electrons. The van der Waals surface area contributed by atoms with E-state index in [-0.39, 0.29) is 23.8 Å². The third kappa shape index (κ3) is 5.71. The largest absolute Gasteiger partial charge is 0.356 e. The molecule has 3 rings (SSSR count). The van der Waals surface area contributed by atoms with Gasteiger partial charge in [-0.2, -0.15) is 0 Å². The molecule has 0 bridgehead atoms. The predicted octanol–water partition coefficient (Wildman–Crippen LogP) is 3.21. The first-order valence-electron chi connectivity index (χ1n) is 8.77. The van der Waals surface area contributed by atoms with Crippen molar-refractivity contribution in [1.29, 1.82) is 0 Å². The Kier molecular flexibility index (Phi) is 6.95. The lowest BCUT2D eigenvalue weighted by Crippen LogP contribution is -2.31. The number of amides is 1. The minimum atomic E-state index is -3.57. The standard InChI is InChI=1S/C19H21N3O3S3/c1-14-22-17(13-26-14)18-8-7-15(27-18)9-11-20-19(23)10-12-21-28(24,25)16-5-3-2-4-6-16/h2-8,13,21H,9-12H2,1H3,(H,20,23). The van der Waals surface area contributed by atoms with Crippen LogP contribution in [0.2, 0.25) is 0 Å². The number of nitrogens with zero attached hydrogens (tertiary/aromatic N) is 1. The Hall–Kier alpha value is -2.07. The average molecular weight is 436 g/mol. The molecule has 0 spiro atoms. The molecule has 0 fully saturated rings. The molecule has 9 heteroatoms.